The van der Waals surface area contributed by atoms with E-state index in [1.807, 2.05) is 0 Å². The Bertz CT molecular complexity index is 371. The predicted molar refractivity (Wildman–Crippen MR) is 43.7 cm³/mol. The number of hydrogen-bond donors (Lipinski definition) is 0. The minimum absolute atomic E-state index is 0.0134. The van der Waals surface area contributed by atoms with E-state index in [1.54, 1.807) is 6.07 Å². The molecule has 0 aliphatic rings. The van der Waals surface area contributed by atoms with Gasteiger partial charge in [-0.15, -0.1) is 0 Å². The minimum Gasteiger partial charge on any atom is -0.243 e. The highest BCUT2D eigenvalue weighted by Gasteiger charge is 2.16. The third-order valence-electron chi connectivity index (χ3n) is 1.68. The van der Waals surface area contributed by atoms with Crippen LogP contribution in [0.4, 0.5) is 8.78 Å². The van der Waals surface area contributed by atoms with Crippen LogP contribution in [-0.4, -0.2) is 4.98 Å². The first-order valence-corrected chi connectivity index (χ1v) is 3.79. The normalized spacial score (nSPS) is 10.2. The van der Waals surface area contributed by atoms with Crippen molar-refractivity contribution in [3.63, 3.8) is 0 Å². The predicted octanol–water partition coefficient (Wildman–Crippen LogP) is 2.85. The van der Waals surface area contributed by atoms with Crippen LogP contribution >= 0.6 is 11.6 Å². The van der Waals surface area contributed by atoms with Gasteiger partial charge >= 0.3 is 0 Å². The van der Waals surface area contributed by atoms with E-state index < -0.39 is 6.43 Å². The van der Waals surface area contributed by atoms with Gasteiger partial charge in [0.2, 0.25) is 0 Å². The third kappa shape index (κ3) is 1.76. The molecule has 5 heteroatoms. The highest BCUT2D eigenvalue weighted by atomic mass is 35.5. The lowest BCUT2D eigenvalue weighted by Crippen LogP contribution is -1.96. The van der Waals surface area contributed by atoms with Gasteiger partial charge in [-0.1, -0.05) is 11.6 Å². The van der Waals surface area contributed by atoms with Crippen LogP contribution < -0.4 is 0 Å². The van der Waals surface area contributed by atoms with E-state index in [1.165, 1.54) is 6.92 Å². The van der Waals surface area contributed by atoms with Crippen molar-refractivity contribution in [1.29, 1.82) is 5.26 Å². The minimum atomic E-state index is -2.63. The summed E-state index contributed by atoms with van der Waals surface area (Å²) < 4.78 is 24.6. The third-order valence-corrected chi connectivity index (χ3v) is 1.96. The summed E-state index contributed by atoms with van der Waals surface area (Å²) in [6.45, 7) is 1.42. The van der Waals surface area contributed by atoms with Gasteiger partial charge < -0.3 is 0 Å². The number of alkyl halides is 2. The van der Waals surface area contributed by atoms with Crippen LogP contribution in [0.5, 0.6) is 0 Å². The Hall–Kier alpha value is -1.21. The summed E-state index contributed by atoms with van der Waals surface area (Å²) >= 11 is 5.53. The molecule has 0 atom stereocenters. The Balaban J connectivity index is 3.38. The van der Waals surface area contributed by atoms with Gasteiger partial charge in [-0.05, 0) is 12.5 Å². The fourth-order valence-corrected chi connectivity index (χ4v) is 1.17. The van der Waals surface area contributed by atoms with Crippen LogP contribution in [0.1, 0.15) is 23.1 Å². The van der Waals surface area contributed by atoms with Crippen molar-refractivity contribution in [2.24, 2.45) is 0 Å². The van der Waals surface area contributed by atoms with Gasteiger partial charge in [-0.3, -0.25) is 0 Å². The van der Waals surface area contributed by atoms with E-state index in [0.717, 1.165) is 6.20 Å². The molecule has 0 aliphatic heterocycles. The molecule has 0 amide bonds. The molecule has 0 saturated carbocycles. The van der Waals surface area contributed by atoms with Gasteiger partial charge in [-0.2, -0.15) is 5.26 Å². The Kier molecular flexibility index (Phi) is 2.79. The van der Waals surface area contributed by atoms with Gasteiger partial charge in [0.15, 0.2) is 0 Å². The number of rotatable bonds is 1. The maximum absolute atomic E-state index is 12.3. The van der Waals surface area contributed by atoms with E-state index in [9.17, 15) is 8.78 Å². The lowest BCUT2D eigenvalue weighted by atomic mass is 10.1. The van der Waals surface area contributed by atoms with E-state index in [-0.39, 0.29) is 21.8 Å². The first kappa shape index (κ1) is 9.87. The van der Waals surface area contributed by atoms with Gasteiger partial charge in [0.25, 0.3) is 6.43 Å². The average Bonchev–Trinajstić information content (AvgIpc) is 2.04. The molecule has 0 N–H and O–H groups in total. The summed E-state index contributed by atoms with van der Waals surface area (Å²) in [4.78, 5) is 3.49. The van der Waals surface area contributed by atoms with Crippen LogP contribution in [0.15, 0.2) is 6.20 Å². The Morgan fingerprint density at radius 1 is 1.62 bits per heavy atom. The molecule has 1 aromatic rings. The summed E-state index contributed by atoms with van der Waals surface area (Å²) in [5, 5.41) is 8.55. The lowest BCUT2D eigenvalue weighted by molar-refractivity contribution is 0.150. The molecule has 0 spiro atoms. The molecule has 0 radical (unpaired) electrons. The average molecular weight is 203 g/mol. The van der Waals surface area contributed by atoms with Gasteiger partial charge in [0, 0.05) is 11.8 Å². The summed E-state index contributed by atoms with van der Waals surface area (Å²) in [5.41, 5.74) is -0.0436. The van der Waals surface area contributed by atoms with Crippen LogP contribution in [0.3, 0.4) is 0 Å². The zero-order valence-electron chi connectivity index (χ0n) is 6.68. The van der Waals surface area contributed by atoms with Crippen molar-refractivity contribution in [2.75, 3.05) is 0 Å². The SMILES string of the molecule is Cc1c(C(F)F)cnc(Cl)c1C#N. The molecule has 0 aliphatic carbocycles. The topological polar surface area (TPSA) is 36.7 Å². The molecule has 1 rings (SSSR count). The Morgan fingerprint density at radius 3 is 2.69 bits per heavy atom. The van der Waals surface area contributed by atoms with E-state index in [0.29, 0.717) is 0 Å². The van der Waals surface area contributed by atoms with Crippen LogP contribution in [0, 0.1) is 18.3 Å². The Labute approximate surface area is 78.8 Å². The molecular formula is C8H5ClF2N2. The fraction of sp³-hybridized carbons (Fsp3) is 0.250. The van der Waals surface area contributed by atoms with E-state index in [4.69, 9.17) is 16.9 Å². The quantitative estimate of drug-likeness (QED) is 0.657. The van der Waals surface area contributed by atoms with Crippen molar-refractivity contribution in [3.8, 4) is 6.07 Å². The zero-order chi connectivity index (χ0) is 10.0. The highest BCUT2D eigenvalue weighted by Crippen LogP contribution is 2.26. The van der Waals surface area contributed by atoms with Gasteiger partial charge in [-0.25, -0.2) is 13.8 Å². The molecule has 0 bridgehead atoms. The molecule has 1 heterocycles. The van der Waals surface area contributed by atoms with Crippen molar-refractivity contribution in [3.05, 3.63) is 28.0 Å². The molecule has 68 valence electrons. The standard InChI is InChI=1S/C8H5ClF2N2/c1-4-5(2-12)7(9)13-3-6(4)8(10)11/h3,8H,1H3. The molecule has 0 saturated heterocycles. The summed E-state index contributed by atoms with van der Waals surface area (Å²) in [6, 6.07) is 1.73. The smallest absolute Gasteiger partial charge is 0.243 e. The first-order valence-electron chi connectivity index (χ1n) is 3.41. The molecule has 0 aromatic carbocycles. The second-order valence-electron chi connectivity index (χ2n) is 2.42. The van der Waals surface area contributed by atoms with Gasteiger partial charge in [0.1, 0.15) is 11.2 Å². The molecule has 1 aromatic heterocycles. The number of pyridine rings is 1. The molecule has 2 nitrogen and oxygen atoms in total. The molecule has 0 unspecified atom stereocenters. The maximum atomic E-state index is 12.3. The molecule has 0 fully saturated rings. The van der Waals surface area contributed by atoms with Crippen molar-refractivity contribution in [1.82, 2.24) is 4.98 Å². The lowest BCUT2D eigenvalue weighted by Gasteiger charge is -2.05. The second kappa shape index (κ2) is 3.67. The number of aromatic nitrogens is 1. The monoisotopic (exact) mass is 202 g/mol. The molecular weight excluding hydrogens is 198 g/mol. The van der Waals surface area contributed by atoms with Crippen LogP contribution in [0.25, 0.3) is 0 Å². The molecule has 13 heavy (non-hydrogen) atoms. The van der Waals surface area contributed by atoms with E-state index >= 15 is 0 Å². The number of nitrogens with zero attached hydrogens (tertiary/aromatic N) is 2. The summed E-state index contributed by atoms with van der Waals surface area (Å²) in [6.07, 6.45) is -1.64. The Morgan fingerprint density at radius 2 is 2.23 bits per heavy atom. The van der Waals surface area contributed by atoms with Crippen molar-refractivity contribution in [2.45, 2.75) is 13.3 Å². The largest absolute Gasteiger partial charge is 0.265 e. The summed E-state index contributed by atoms with van der Waals surface area (Å²) in [7, 11) is 0. The van der Waals surface area contributed by atoms with E-state index in [2.05, 4.69) is 4.98 Å². The van der Waals surface area contributed by atoms with Crippen LogP contribution in [0.2, 0.25) is 5.15 Å². The number of halogens is 3. The fourth-order valence-electron chi connectivity index (χ4n) is 0.937. The van der Waals surface area contributed by atoms with Gasteiger partial charge in [0.05, 0.1) is 5.56 Å². The van der Waals surface area contributed by atoms with Crippen molar-refractivity contribution >= 4 is 11.6 Å². The first-order chi connectivity index (χ1) is 6.07. The summed E-state index contributed by atoms with van der Waals surface area (Å²) in [5.74, 6) is 0. The second-order valence-corrected chi connectivity index (χ2v) is 2.77. The number of nitriles is 1. The zero-order valence-corrected chi connectivity index (χ0v) is 7.44. The highest BCUT2D eigenvalue weighted by molar-refractivity contribution is 6.30. The number of hydrogen-bond acceptors (Lipinski definition) is 2. The maximum Gasteiger partial charge on any atom is 0.265 e. The van der Waals surface area contributed by atoms with Crippen molar-refractivity contribution < 1.29 is 8.78 Å². The van der Waals surface area contributed by atoms with Crippen LogP contribution in [-0.2, 0) is 0 Å².